The Labute approximate surface area is 88.2 Å². The molecule has 0 amide bonds. The van der Waals surface area contributed by atoms with E-state index in [1.807, 2.05) is 0 Å². The number of hydrogen-bond donors (Lipinski definition) is 2. The number of piperidine rings is 1. The van der Waals surface area contributed by atoms with E-state index < -0.39 is 0 Å². The van der Waals surface area contributed by atoms with Crippen LogP contribution in [0.5, 0.6) is 0 Å². The van der Waals surface area contributed by atoms with Crippen LogP contribution in [0.1, 0.15) is 35.1 Å². The predicted molar refractivity (Wildman–Crippen MR) is 54.8 cm³/mol. The number of carbonyl (C=O) groups excluding carboxylic acids is 1. The molecule has 0 radical (unpaired) electrons. The van der Waals surface area contributed by atoms with E-state index in [4.69, 9.17) is 0 Å². The molecule has 0 saturated carbocycles. The van der Waals surface area contributed by atoms with Crippen LogP contribution >= 0.6 is 0 Å². The Morgan fingerprint density at radius 2 is 2.27 bits per heavy atom. The Morgan fingerprint density at radius 1 is 1.53 bits per heavy atom. The second kappa shape index (κ2) is 4.44. The minimum absolute atomic E-state index is 0.359. The summed E-state index contributed by atoms with van der Waals surface area (Å²) in [6.45, 7) is 2.03. The molecule has 5 nitrogen and oxygen atoms in total. The average molecular weight is 209 g/mol. The molecule has 82 valence electrons. The first-order valence-electron chi connectivity index (χ1n) is 5.15. The fourth-order valence-electron chi connectivity index (χ4n) is 1.85. The van der Waals surface area contributed by atoms with Crippen LogP contribution in [-0.4, -0.2) is 36.1 Å². The highest BCUT2D eigenvalue weighted by atomic mass is 16.5. The average Bonchev–Trinajstić information content (AvgIpc) is 2.78. The lowest BCUT2D eigenvalue weighted by Gasteiger charge is -2.20. The van der Waals surface area contributed by atoms with E-state index in [2.05, 4.69) is 20.0 Å². The Balaban J connectivity index is 2.08. The number of carbonyl (C=O) groups is 1. The number of hydrogen-bond acceptors (Lipinski definition) is 4. The molecule has 0 unspecified atom stereocenters. The number of nitrogens with zero attached hydrogens (tertiary/aromatic N) is 1. The minimum Gasteiger partial charge on any atom is -0.464 e. The van der Waals surface area contributed by atoms with Crippen LogP contribution in [0.15, 0.2) is 6.20 Å². The quantitative estimate of drug-likeness (QED) is 0.702. The molecule has 1 aromatic heterocycles. The molecule has 0 spiro atoms. The van der Waals surface area contributed by atoms with Gasteiger partial charge in [-0.2, -0.15) is 0 Å². The van der Waals surface area contributed by atoms with Crippen molar-refractivity contribution in [2.24, 2.45) is 0 Å². The second-order valence-electron chi connectivity index (χ2n) is 3.70. The molecule has 1 fully saturated rings. The summed E-state index contributed by atoms with van der Waals surface area (Å²) in [6, 6.07) is 0. The van der Waals surface area contributed by atoms with Crippen molar-refractivity contribution in [2.45, 2.75) is 18.8 Å². The summed E-state index contributed by atoms with van der Waals surface area (Å²) in [4.78, 5) is 18.4. The number of H-pyrrole nitrogens is 1. The zero-order chi connectivity index (χ0) is 10.7. The molecule has 0 aromatic carbocycles. The van der Waals surface area contributed by atoms with Gasteiger partial charge in [-0.05, 0) is 25.9 Å². The van der Waals surface area contributed by atoms with E-state index in [1.165, 1.54) is 7.11 Å². The normalized spacial score (nSPS) is 17.7. The van der Waals surface area contributed by atoms with Gasteiger partial charge in [0.05, 0.1) is 13.3 Å². The smallest absolute Gasteiger partial charge is 0.356 e. The maximum absolute atomic E-state index is 11.2. The third kappa shape index (κ3) is 2.18. The van der Waals surface area contributed by atoms with Gasteiger partial charge in [0.1, 0.15) is 11.5 Å². The first-order valence-corrected chi connectivity index (χ1v) is 5.15. The van der Waals surface area contributed by atoms with Gasteiger partial charge in [0.2, 0.25) is 0 Å². The van der Waals surface area contributed by atoms with Gasteiger partial charge >= 0.3 is 5.97 Å². The number of esters is 1. The fraction of sp³-hybridized carbons (Fsp3) is 0.600. The van der Waals surface area contributed by atoms with Crippen LogP contribution in [-0.2, 0) is 4.74 Å². The number of imidazole rings is 1. The molecule has 1 saturated heterocycles. The van der Waals surface area contributed by atoms with Gasteiger partial charge in [-0.1, -0.05) is 0 Å². The second-order valence-corrected chi connectivity index (χ2v) is 3.70. The predicted octanol–water partition coefficient (Wildman–Crippen LogP) is 0.663. The molecular formula is C10H15N3O2. The fourth-order valence-corrected chi connectivity index (χ4v) is 1.85. The summed E-state index contributed by atoms with van der Waals surface area (Å²) >= 11 is 0. The summed E-state index contributed by atoms with van der Waals surface area (Å²) in [5, 5.41) is 3.29. The number of aromatic nitrogens is 2. The van der Waals surface area contributed by atoms with Crippen LogP contribution in [0.25, 0.3) is 0 Å². The summed E-state index contributed by atoms with van der Waals surface area (Å²) in [5.41, 5.74) is 0.436. The number of ether oxygens (including phenoxy) is 1. The van der Waals surface area contributed by atoms with Crippen LogP contribution in [0.3, 0.4) is 0 Å². The lowest BCUT2D eigenvalue weighted by atomic mass is 9.98. The molecule has 0 atom stereocenters. The number of nitrogens with one attached hydrogen (secondary N) is 2. The standard InChI is InChI=1S/C10H15N3O2/c1-15-10(14)8-6-12-9(13-8)7-2-4-11-5-3-7/h6-7,11H,2-5H2,1H3,(H,12,13). The number of methoxy groups -OCH3 is 1. The van der Waals surface area contributed by atoms with Gasteiger partial charge in [0.25, 0.3) is 0 Å². The lowest BCUT2D eigenvalue weighted by molar-refractivity contribution is 0.0594. The summed E-state index contributed by atoms with van der Waals surface area (Å²) in [5.74, 6) is 0.976. The van der Waals surface area contributed by atoms with Gasteiger partial charge in [0, 0.05) is 5.92 Å². The molecule has 1 aliphatic heterocycles. The Hall–Kier alpha value is -1.36. The number of aromatic amines is 1. The first kappa shape index (κ1) is 10.2. The number of rotatable bonds is 2. The van der Waals surface area contributed by atoms with E-state index >= 15 is 0 Å². The molecule has 0 bridgehead atoms. The van der Waals surface area contributed by atoms with Gasteiger partial charge in [0.15, 0.2) is 0 Å². The SMILES string of the molecule is COC(=O)c1cnc(C2CCNCC2)[nH]1. The van der Waals surface area contributed by atoms with Gasteiger partial charge in [-0.25, -0.2) is 9.78 Å². The summed E-state index contributed by atoms with van der Waals surface area (Å²) in [6.07, 6.45) is 3.67. The molecular weight excluding hydrogens is 194 g/mol. The topological polar surface area (TPSA) is 67.0 Å². The van der Waals surface area contributed by atoms with Crippen LogP contribution < -0.4 is 5.32 Å². The monoisotopic (exact) mass is 209 g/mol. The van der Waals surface area contributed by atoms with Crippen molar-refractivity contribution in [1.82, 2.24) is 15.3 Å². The van der Waals surface area contributed by atoms with Crippen molar-refractivity contribution in [3.05, 3.63) is 17.7 Å². The zero-order valence-electron chi connectivity index (χ0n) is 8.75. The van der Waals surface area contributed by atoms with Gasteiger partial charge in [-0.3, -0.25) is 0 Å². The lowest BCUT2D eigenvalue weighted by Crippen LogP contribution is -2.27. The van der Waals surface area contributed by atoms with Crippen molar-refractivity contribution < 1.29 is 9.53 Å². The van der Waals surface area contributed by atoms with Crippen molar-refractivity contribution in [3.63, 3.8) is 0 Å². The zero-order valence-corrected chi connectivity index (χ0v) is 8.75. The largest absolute Gasteiger partial charge is 0.464 e. The molecule has 2 rings (SSSR count). The first-order chi connectivity index (χ1) is 7.31. The maximum atomic E-state index is 11.2. The van der Waals surface area contributed by atoms with E-state index in [9.17, 15) is 4.79 Å². The van der Waals surface area contributed by atoms with Crippen molar-refractivity contribution >= 4 is 5.97 Å². The molecule has 0 aliphatic carbocycles. The highest BCUT2D eigenvalue weighted by Gasteiger charge is 2.19. The van der Waals surface area contributed by atoms with Crippen LogP contribution in [0.4, 0.5) is 0 Å². The van der Waals surface area contributed by atoms with Gasteiger partial charge < -0.3 is 15.0 Å². The Morgan fingerprint density at radius 3 is 2.93 bits per heavy atom. The maximum Gasteiger partial charge on any atom is 0.356 e. The van der Waals surface area contributed by atoms with Crippen molar-refractivity contribution in [3.8, 4) is 0 Å². The molecule has 5 heteroatoms. The third-order valence-corrected chi connectivity index (χ3v) is 2.73. The summed E-state index contributed by atoms with van der Waals surface area (Å²) in [7, 11) is 1.37. The van der Waals surface area contributed by atoms with Crippen LogP contribution in [0, 0.1) is 0 Å². The van der Waals surface area contributed by atoms with Gasteiger partial charge in [-0.15, -0.1) is 0 Å². The molecule has 2 heterocycles. The molecule has 15 heavy (non-hydrogen) atoms. The highest BCUT2D eigenvalue weighted by molar-refractivity contribution is 5.86. The van der Waals surface area contributed by atoms with Crippen LogP contribution in [0.2, 0.25) is 0 Å². The summed E-state index contributed by atoms with van der Waals surface area (Å²) < 4.78 is 4.61. The van der Waals surface area contributed by atoms with Crippen molar-refractivity contribution in [1.29, 1.82) is 0 Å². The molecule has 1 aliphatic rings. The Kier molecular flexibility index (Phi) is 3.01. The highest BCUT2D eigenvalue weighted by Crippen LogP contribution is 2.22. The molecule has 1 aromatic rings. The minimum atomic E-state index is -0.359. The molecule has 2 N–H and O–H groups in total. The Bertz CT molecular complexity index is 342. The van der Waals surface area contributed by atoms with E-state index in [0.29, 0.717) is 11.6 Å². The van der Waals surface area contributed by atoms with E-state index in [0.717, 1.165) is 31.8 Å². The van der Waals surface area contributed by atoms with E-state index in [-0.39, 0.29) is 5.97 Å². The van der Waals surface area contributed by atoms with Crippen molar-refractivity contribution in [2.75, 3.05) is 20.2 Å². The van der Waals surface area contributed by atoms with E-state index in [1.54, 1.807) is 6.20 Å². The third-order valence-electron chi connectivity index (χ3n) is 2.73.